The fraction of sp³-hybridized carbons (Fsp3) is 0.111. The summed E-state index contributed by atoms with van der Waals surface area (Å²) in [6.07, 6.45) is 13.3. The molecule has 0 N–H and O–H groups in total. The molecule has 0 amide bonds. The molecule has 0 fully saturated rings. The van der Waals surface area contributed by atoms with E-state index in [4.69, 9.17) is 5.63 Å². The molecule has 0 bridgehead atoms. The van der Waals surface area contributed by atoms with Gasteiger partial charge in [-0.25, -0.2) is 0 Å². The van der Waals surface area contributed by atoms with Crippen molar-refractivity contribution in [3.05, 3.63) is 151 Å². The molecule has 0 unspecified atom stereocenters. The molecule has 45 heavy (non-hydrogen) atoms. The quantitative estimate of drug-likeness (QED) is 0.165. The van der Waals surface area contributed by atoms with Crippen LogP contribution < -0.4 is 5.63 Å². The van der Waals surface area contributed by atoms with Gasteiger partial charge >= 0.3 is 272 Å². The van der Waals surface area contributed by atoms with Crippen LogP contribution in [0.1, 0.15) is 24.0 Å². The summed E-state index contributed by atoms with van der Waals surface area (Å²) in [7, 11) is -7.60. The summed E-state index contributed by atoms with van der Waals surface area (Å²) in [5.74, 6) is 0.756. The molecule has 0 atom stereocenters. The normalized spacial score (nSPS) is 14.7. The number of aryl methyl sites for hydroxylation is 2. The van der Waals surface area contributed by atoms with Gasteiger partial charge in [-0.1, -0.05) is 0 Å². The van der Waals surface area contributed by atoms with Gasteiger partial charge in [0.2, 0.25) is 0 Å². The Hall–Kier alpha value is -3.78. The second kappa shape index (κ2) is 12.5. The summed E-state index contributed by atoms with van der Waals surface area (Å²) in [5.41, 5.74) is 1.93. The molecule has 0 aliphatic heterocycles. The van der Waals surface area contributed by atoms with Crippen molar-refractivity contribution in [1.82, 2.24) is 0 Å². The third-order valence-electron chi connectivity index (χ3n) is 7.81. The molecule has 6 nitrogen and oxygen atoms in total. The van der Waals surface area contributed by atoms with E-state index in [9.17, 15) is 16.8 Å². The number of hydrogen-bond acceptors (Lipinski definition) is 6. The van der Waals surface area contributed by atoms with E-state index >= 15 is 0 Å². The summed E-state index contributed by atoms with van der Waals surface area (Å²) >= 11 is -4.60. The van der Waals surface area contributed by atoms with Gasteiger partial charge in [0.1, 0.15) is 0 Å². The zero-order chi connectivity index (χ0) is 31.7. The van der Waals surface area contributed by atoms with Crippen molar-refractivity contribution >= 4 is 19.7 Å². The van der Waals surface area contributed by atoms with Crippen LogP contribution in [0.5, 0.6) is 11.5 Å². The Bertz CT molecular complexity index is 1940. The second-order valence-corrected chi connectivity index (χ2v) is 22.1. The van der Waals surface area contributed by atoms with Crippen LogP contribution in [-0.4, -0.2) is 16.8 Å². The van der Waals surface area contributed by atoms with Gasteiger partial charge in [-0.3, -0.25) is 0 Å². The number of benzene rings is 4. The average Bonchev–Trinajstić information content (AvgIpc) is 3.78. The predicted octanol–water partition coefficient (Wildman–Crippen LogP) is 8.10. The molecule has 6 rings (SSSR count). The molecular formula is C36H32O6S2Zr. The van der Waals surface area contributed by atoms with E-state index in [1.807, 2.05) is 50.3 Å². The van der Waals surface area contributed by atoms with E-state index in [1.165, 1.54) is 0 Å². The first-order valence-electron chi connectivity index (χ1n) is 14.5. The molecule has 0 heterocycles. The van der Waals surface area contributed by atoms with E-state index in [0.717, 1.165) is 17.7 Å². The van der Waals surface area contributed by atoms with Gasteiger partial charge in [0.15, 0.2) is 0 Å². The fourth-order valence-corrected chi connectivity index (χ4v) is 16.0. The molecule has 9 heteroatoms. The van der Waals surface area contributed by atoms with Gasteiger partial charge in [0.05, 0.1) is 0 Å². The third kappa shape index (κ3) is 6.35. The molecular weight excluding hydrogens is 684 g/mol. The Morgan fingerprint density at radius 1 is 0.533 bits per heavy atom. The van der Waals surface area contributed by atoms with E-state index in [-0.39, 0.29) is 19.6 Å². The van der Waals surface area contributed by atoms with E-state index in [2.05, 4.69) is 0 Å². The zero-order valence-corrected chi connectivity index (χ0v) is 29.0. The molecule has 228 valence electrons. The Morgan fingerprint density at radius 2 is 0.933 bits per heavy atom. The Morgan fingerprint density at radius 3 is 1.29 bits per heavy atom. The van der Waals surface area contributed by atoms with Crippen molar-refractivity contribution in [1.29, 1.82) is 0 Å². The standard InChI is InChI=1S/2C13H12O3S.2C5H5.Zr/c2*1-10-5-7-12(8-6-10)17(15,16)13-4-2-3-11(14)9-13;2*1-2-4-5-3-1;/h2*2-9,14H,1H3;2*1-3H,4H2;/q;;;;+2/p-2. The summed E-state index contributed by atoms with van der Waals surface area (Å²) < 4.78 is 70.1. The van der Waals surface area contributed by atoms with Crippen molar-refractivity contribution in [3.8, 4) is 11.5 Å². The van der Waals surface area contributed by atoms with Crippen molar-refractivity contribution in [3.63, 3.8) is 0 Å². The van der Waals surface area contributed by atoms with Gasteiger partial charge in [-0.05, 0) is 0 Å². The summed E-state index contributed by atoms with van der Waals surface area (Å²) in [5, 5.41) is 0. The molecule has 0 saturated heterocycles. The molecule has 0 aromatic heterocycles. The molecule has 0 spiro atoms. The van der Waals surface area contributed by atoms with Crippen molar-refractivity contribution in [2.75, 3.05) is 0 Å². The fourth-order valence-electron chi connectivity index (χ4n) is 5.32. The van der Waals surface area contributed by atoms with Gasteiger partial charge < -0.3 is 0 Å². The van der Waals surface area contributed by atoms with Gasteiger partial charge in [0, 0.05) is 0 Å². The average molecular weight is 716 g/mol. The first-order valence-corrected chi connectivity index (χ1v) is 22.0. The van der Waals surface area contributed by atoms with Crippen LogP contribution in [0, 0.1) is 13.8 Å². The molecule has 2 aliphatic carbocycles. The van der Waals surface area contributed by atoms with Crippen LogP contribution in [0.4, 0.5) is 0 Å². The topological polar surface area (TPSA) is 86.7 Å². The van der Waals surface area contributed by atoms with Crippen LogP contribution >= 0.6 is 0 Å². The Kier molecular flexibility index (Phi) is 8.70. The molecule has 4 aromatic rings. The minimum atomic E-state index is -4.60. The number of rotatable bonds is 10. The Balaban J connectivity index is 1.41. The van der Waals surface area contributed by atoms with Crippen molar-refractivity contribution in [2.24, 2.45) is 0 Å². The van der Waals surface area contributed by atoms with Crippen LogP contribution in [0.2, 0.25) is 0 Å². The first-order chi connectivity index (χ1) is 21.6. The third-order valence-corrected chi connectivity index (χ3v) is 19.9. The number of hydrogen-bond donors (Lipinski definition) is 0. The first kappa shape index (κ1) is 31.2. The van der Waals surface area contributed by atoms with E-state index in [0.29, 0.717) is 24.3 Å². The molecule has 0 saturated carbocycles. The monoisotopic (exact) mass is 714 g/mol. The SMILES string of the molecule is Cc1ccc(S(=O)(=O)c2cccc([O][Zr]([O]c3cccc(S(=O)(=O)c4ccc(C)cc4)c3)([C]3=CC=CC3)[C]3=CC=CC3)c2)cc1. The summed E-state index contributed by atoms with van der Waals surface area (Å²) in [6, 6.07) is 26.6. The molecule has 0 radical (unpaired) electrons. The van der Waals surface area contributed by atoms with Crippen molar-refractivity contribution in [2.45, 2.75) is 46.3 Å². The van der Waals surface area contributed by atoms with Crippen LogP contribution in [0.15, 0.2) is 160 Å². The van der Waals surface area contributed by atoms with E-state index < -0.39 is 40.8 Å². The zero-order valence-electron chi connectivity index (χ0n) is 24.9. The number of sulfone groups is 2. The molecule has 2 aliphatic rings. The van der Waals surface area contributed by atoms with Crippen molar-refractivity contribution < 1.29 is 43.6 Å². The predicted molar refractivity (Wildman–Crippen MR) is 171 cm³/mol. The maximum atomic E-state index is 13.6. The van der Waals surface area contributed by atoms with Crippen LogP contribution in [0.3, 0.4) is 0 Å². The minimum absolute atomic E-state index is 0.118. The van der Waals surface area contributed by atoms with Gasteiger partial charge in [-0.2, -0.15) is 0 Å². The maximum absolute atomic E-state index is 13.6. The summed E-state index contributed by atoms with van der Waals surface area (Å²) in [6.45, 7) is 3.81. The Labute approximate surface area is 270 Å². The van der Waals surface area contributed by atoms with Crippen LogP contribution in [0.25, 0.3) is 0 Å². The molecule has 4 aromatic carbocycles. The summed E-state index contributed by atoms with van der Waals surface area (Å²) in [4.78, 5) is 0.640. The van der Waals surface area contributed by atoms with Gasteiger partial charge in [0.25, 0.3) is 0 Å². The van der Waals surface area contributed by atoms with E-state index in [1.54, 1.807) is 97.1 Å². The van der Waals surface area contributed by atoms with Crippen LogP contribution in [-0.2, 0) is 40.8 Å². The van der Waals surface area contributed by atoms with Gasteiger partial charge in [-0.15, -0.1) is 0 Å². The second-order valence-electron chi connectivity index (χ2n) is 11.1. The number of allylic oxidation sites excluding steroid dienone is 8.